The second kappa shape index (κ2) is 13.5. The lowest BCUT2D eigenvalue weighted by Crippen LogP contribution is -2.18. The molecule has 1 aromatic heterocycles. The van der Waals surface area contributed by atoms with Gasteiger partial charge in [0.15, 0.2) is 0 Å². The van der Waals surface area contributed by atoms with Crippen molar-refractivity contribution in [3.05, 3.63) is 229 Å². The van der Waals surface area contributed by atoms with Crippen LogP contribution in [0, 0.1) is 0 Å². The smallest absolute Gasteiger partial charge is 0.0547 e. The molecule has 0 N–H and O–H groups in total. The lowest BCUT2D eigenvalue weighted by Gasteiger charge is -2.30. The quantitative estimate of drug-likeness (QED) is 0.163. The molecule has 2 nitrogen and oxygen atoms in total. The van der Waals surface area contributed by atoms with Crippen LogP contribution >= 0.6 is 0 Å². The molecule has 0 bridgehead atoms. The Morgan fingerprint density at radius 1 is 0.323 bits per heavy atom. The molecule has 0 fully saturated rings. The number of benzene rings is 9. The van der Waals surface area contributed by atoms with E-state index >= 15 is 0 Å². The number of hydrogen-bond acceptors (Lipinski definition) is 1. The normalized spacial score (nSPS) is 14.1. The zero-order valence-corrected chi connectivity index (χ0v) is 35.5. The van der Waals surface area contributed by atoms with Gasteiger partial charge >= 0.3 is 0 Å². The summed E-state index contributed by atoms with van der Waals surface area (Å²) in [6.45, 7) is 9.47. The van der Waals surface area contributed by atoms with Crippen LogP contribution in [0.1, 0.15) is 49.9 Å². The van der Waals surface area contributed by atoms with E-state index in [4.69, 9.17) is 0 Å². The largest absolute Gasteiger partial charge is 0.310 e. The zero-order chi connectivity index (χ0) is 41.7. The molecule has 0 amide bonds. The summed E-state index contributed by atoms with van der Waals surface area (Å²) in [6.07, 6.45) is 0. The standard InChI is InChI=1S/C60H46N2/c1-59(2)52-22-12-8-19-46(52)48-34-31-43(37-54(48)59)61(44-32-35-49-47-20-9-13-23-53(47)60(3,4)55(49)38-44)42-29-26-39(27-30-42)41-28-33-51-50-21-11-15-25-57(50)62(58(51)36-41)56-24-14-10-18-45(56)40-16-6-5-7-17-40/h5-38H,1-4H3. The summed E-state index contributed by atoms with van der Waals surface area (Å²) in [5, 5.41) is 2.50. The molecule has 0 aliphatic heterocycles. The van der Waals surface area contributed by atoms with Gasteiger partial charge in [-0.3, -0.25) is 0 Å². The highest BCUT2D eigenvalue weighted by Gasteiger charge is 2.37. The predicted octanol–water partition coefficient (Wildman–Crippen LogP) is 16.2. The lowest BCUT2D eigenvalue weighted by atomic mass is 9.82. The first-order valence-electron chi connectivity index (χ1n) is 21.8. The molecule has 62 heavy (non-hydrogen) atoms. The second-order valence-electron chi connectivity index (χ2n) is 18.2. The van der Waals surface area contributed by atoms with Crippen molar-refractivity contribution in [2.45, 2.75) is 38.5 Å². The van der Waals surface area contributed by atoms with Crippen molar-refractivity contribution < 1.29 is 0 Å². The zero-order valence-electron chi connectivity index (χ0n) is 35.5. The molecular weight excluding hydrogens is 749 g/mol. The summed E-state index contributed by atoms with van der Waals surface area (Å²) in [5.41, 5.74) is 22.4. The molecule has 10 aromatic rings. The van der Waals surface area contributed by atoms with Crippen LogP contribution < -0.4 is 4.90 Å². The third-order valence-electron chi connectivity index (χ3n) is 14.0. The highest BCUT2D eigenvalue weighted by Crippen LogP contribution is 2.53. The average Bonchev–Trinajstić information content (AvgIpc) is 3.86. The van der Waals surface area contributed by atoms with Gasteiger partial charge in [0, 0.05) is 44.2 Å². The number of fused-ring (bicyclic) bond motifs is 9. The molecule has 2 heteroatoms. The monoisotopic (exact) mass is 794 g/mol. The first-order chi connectivity index (χ1) is 30.3. The van der Waals surface area contributed by atoms with Gasteiger partial charge in [0.25, 0.3) is 0 Å². The Kier molecular flexibility index (Phi) is 7.96. The van der Waals surface area contributed by atoms with Crippen molar-refractivity contribution >= 4 is 38.9 Å². The molecule has 9 aromatic carbocycles. The fourth-order valence-electron chi connectivity index (χ4n) is 10.9. The van der Waals surface area contributed by atoms with Crippen LogP contribution in [0.15, 0.2) is 206 Å². The minimum absolute atomic E-state index is 0.109. The van der Waals surface area contributed by atoms with Gasteiger partial charge < -0.3 is 9.47 Å². The van der Waals surface area contributed by atoms with Crippen molar-refractivity contribution in [3.63, 3.8) is 0 Å². The Balaban J connectivity index is 0.996. The third-order valence-corrected chi connectivity index (χ3v) is 14.0. The molecular formula is C60H46N2. The van der Waals surface area contributed by atoms with Crippen LogP contribution in [0.3, 0.4) is 0 Å². The van der Waals surface area contributed by atoms with Crippen molar-refractivity contribution in [1.29, 1.82) is 0 Å². The average molecular weight is 795 g/mol. The Hall–Kier alpha value is -7.42. The Morgan fingerprint density at radius 3 is 1.45 bits per heavy atom. The molecule has 0 radical (unpaired) electrons. The Labute approximate surface area is 364 Å². The van der Waals surface area contributed by atoms with Gasteiger partial charge in [0.1, 0.15) is 0 Å². The first-order valence-corrected chi connectivity index (χ1v) is 21.8. The maximum atomic E-state index is 2.46. The molecule has 0 saturated heterocycles. The number of rotatable bonds is 6. The summed E-state index contributed by atoms with van der Waals surface area (Å²) in [5.74, 6) is 0. The fourth-order valence-corrected chi connectivity index (χ4v) is 10.9. The van der Waals surface area contributed by atoms with E-state index in [1.54, 1.807) is 0 Å². The minimum atomic E-state index is -0.109. The SMILES string of the molecule is CC1(C)c2ccccc2-c2ccc(N(c3ccc(-c4ccc5c6ccccc6n(-c6ccccc6-c6ccccc6)c5c4)cc3)c3ccc4c(c3)C(C)(C)c3ccccc3-4)cc21. The number of anilines is 3. The fraction of sp³-hybridized carbons (Fsp3) is 0.100. The molecule has 0 spiro atoms. The molecule has 0 unspecified atom stereocenters. The summed E-state index contributed by atoms with van der Waals surface area (Å²) >= 11 is 0. The van der Waals surface area contributed by atoms with Crippen molar-refractivity contribution in [3.8, 4) is 50.2 Å². The highest BCUT2D eigenvalue weighted by atomic mass is 15.1. The number of para-hydroxylation sites is 2. The summed E-state index contributed by atoms with van der Waals surface area (Å²) in [4.78, 5) is 2.46. The van der Waals surface area contributed by atoms with Crippen molar-refractivity contribution in [1.82, 2.24) is 4.57 Å². The predicted molar refractivity (Wildman–Crippen MR) is 261 cm³/mol. The molecule has 0 atom stereocenters. The highest BCUT2D eigenvalue weighted by molar-refractivity contribution is 6.10. The molecule has 12 rings (SSSR count). The molecule has 1 heterocycles. The van der Waals surface area contributed by atoms with Crippen LogP contribution in [-0.4, -0.2) is 4.57 Å². The van der Waals surface area contributed by atoms with Gasteiger partial charge in [-0.15, -0.1) is 0 Å². The van der Waals surface area contributed by atoms with E-state index in [-0.39, 0.29) is 10.8 Å². The minimum Gasteiger partial charge on any atom is -0.310 e. The van der Waals surface area contributed by atoms with E-state index < -0.39 is 0 Å². The molecule has 296 valence electrons. The van der Waals surface area contributed by atoms with E-state index in [1.165, 1.54) is 94.3 Å². The maximum Gasteiger partial charge on any atom is 0.0547 e. The van der Waals surface area contributed by atoms with Crippen LogP contribution in [0.25, 0.3) is 72.0 Å². The Morgan fingerprint density at radius 2 is 0.806 bits per heavy atom. The number of hydrogen-bond donors (Lipinski definition) is 0. The topological polar surface area (TPSA) is 8.17 Å². The summed E-state index contributed by atoms with van der Waals surface area (Å²) in [6, 6.07) is 76.5. The van der Waals surface area contributed by atoms with Gasteiger partial charge in [0.05, 0.1) is 16.7 Å². The van der Waals surface area contributed by atoms with Crippen LogP contribution in [0.2, 0.25) is 0 Å². The van der Waals surface area contributed by atoms with E-state index in [0.29, 0.717) is 0 Å². The van der Waals surface area contributed by atoms with Gasteiger partial charge in [-0.2, -0.15) is 0 Å². The van der Waals surface area contributed by atoms with Crippen LogP contribution in [0.4, 0.5) is 17.1 Å². The van der Waals surface area contributed by atoms with Gasteiger partial charge in [0.2, 0.25) is 0 Å². The van der Waals surface area contributed by atoms with E-state index in [1.807, 2.05) is 0 Å². The maximum absolute atomic E-state index is 2.46. The second-order valence-corrected chi connectivity index (χ2v) is 18.2. The number of nitrogens with zero attached hydrogens (tertiary/aromatic N) is 2. The molecule has 0 saturated carbocycles. The third kappa shape index (κ3) is 5.36. The van der Waals surface area contributed by atoms with E-state index in [2.05, 4.69) is 243 Å². The van der Waals surface area contributed by atoms with E-state index in [9.17, 15) is 0 Å². The van der Waals surface area contributed by atoms with E-state index in [0.717, 1.165) is 17.1 Å². The van der Waals surface area contributed by atoms with Crippen molar-refractivity contribution in [2.75, 3.05) is 4.90 Å². The van der Waals surface area contributed by atoms with Gasteiger partial charge in [-0.25, -0.2) is 0 Å². The van der Waals surface area contributed by atoms with Crippen molar-refractivity contribution in [2.24, 2.45) is 0 Å². The molecule has 2 aliphatic rings. The Bertz CT molecular complexity index is 3290. The van der Waals surface area contributed by atoms with Gasteiger partial charge in [-0.05, 0) is 116 Å². The lowest BCUT2D eigenvalue weighted by molar-refractivity contribution is 0.660. The van der Waals surface area contributed by atoms with Crippen LogP contribution in [-0.2, 0) is 10.8 Å². The first kappa shape index (κ1) is 36.4. The molecule has 2 aliphatic carbocycles. The number of aromatic nitrogens is 1. The van der Waals surface area contributed by atoms with Gasteiger partial charge in [-0.1, -0.05) is 179 Å². The summed E-state index contributed by atoms with van der Waals surface area (Å²) < 4.78 is 2.45. The summed E-state index contributed by atoms with van der Waals surface area (Å²) in [7, 11) is 0. The van der Waals surface area contributed by atoms with Crippen LogP contribution in [0.5, 0.6) is 0 Å².